The van der Waals surface area contributed by atoms with Gasteiger partial charge in [0.15, 0.2) is 0 Å². The van der Waals surface area contributed by atoms with Crippen molar-refractivity contribution in [3.05, 3.63) is 186 Å². The third-order valence-corrected chi connectivity index (χ3v) is 8.56. The van der Waals surface area contributed by atoms with Crippen LogP contribution in [0.2, 0.25) is 0 Å². The molecule has 2 aliphatic rings. The van der Waals surface area contributed by atoms with Gasteiger partial charge in [-0.25, -0.2) is 0 Å². The minimum Gasteiger partial charge on any atom is -0.376 e. The number of fused-ring (bicyclic) bond motifs is 4. The zero-order valence-corrected chi connectivity index (χ0v) is 22.0. The molecule has 0 bridgehead atoms. The van der Waals surface area contributed by atoms with Crippen molar-refractivity contribution < 1.29 is 10.2 Å². The van der Waals surface area contributed by atoms with Crippen molar-refractivity contribution in [1.82, 2.24) is 0 Å². The summed E-state index contributed by atoms with van der Waals surface area (Å²) in [6.45, 7) is 7.98. The number of hydrogen-bond donors (Lipinski definition) is 2. The lowest BCUT2D eigenvalue weighted by Crippen LogP contribution is -2.26. The standard InChI is InChI=1S/C38H28O2/c1-3-29-30-11-5-8-14-34(30)37(39,33(29)4-2)27-21-17-25(18-22-27)26-19-23-28(24-20-26)38(40)35-15-9-6-12-31(35)32-13-7-10-16-36(32)38/h3-24,39-40H,1-2H2. The summed E-state index contributed by atoms with van der Waals surface area (Å²) >= 11 is 0. The highest BCUT2D eigenvalue weighted by molar-refractivity contribution is 5.88. The Morgan fingerprint density at radius 1 is 0.450 bits per heavy atom. The molecule has 0 aromatic heterocycles. The van der Waals surface area contributed by atoms with E-state index in [2.05, 4.69) is 37.4 Å². The van der Waals surface area contributed by atoms with Gasteiger partial charge in [-0.1, -0.05) is 147 Å². The molecule has 7 rings (SSSR count). The van der Waals surface area contributed by atoms with Gasteiger partial charge in [0.05, 0.1) is 0 Å². The topological polar surface area (TPSA) is 40.5 Å². The smallest absolute Gasteiger partial charge is 0.141 e. The fourth-order valence-electron chi connectivity index (χ4n) is 6.64. The summed E-state index contributed by atoms with van der Waals surface area (Å²) in [6.07, 6.45) is 3.52. The van der Waals surface area contributed by atoms with Crippen LogP contribution < -0.4 is 0 Å². The summed E-state index contributed by atoms with van der Waals surface area (Å²) in [4.78, 5) is 0. The van der Waals surface area contributed by atoms with Gasteiger partial charge in [-0.3, -0.25) is 0 Å². The summed E-state index contributed by atoms with van der Waals surface area (Å²) in [5, 5.41) is 24.2. The molecule has 0 spiro atoms. The molecule has 0 fully saturated rings. The van der Waals surface area contributed by atoms with Crippen molar-refractivity contribution in [3.8, 4) is 22.3 Å². The summed E-state index contributed by atoms with van der Waals surface area (Å²) in [6, 6.07) is 40.2. The SMILES string of the molecule is C=CC1=C(C=C)C(O)(c2ccc(-c3ccc(C4(O)c5ccccc5-c5ccccc54)cc3)cc2)c2ccccc21. The fraction of sp³-hybridized carbons (Fsp3) is 0.0526. The van der Waals surface area contributed by atoms with Crippen molar-refractivity contribution in [3.63, 3.8) is 0 Å². The molecule has 5 aromatic carbocycles. The Labute approximate surface area is 234 Å². The molecular formula is C38H28O2. The van der Waals surface area contributed by atoms with Gasteiger partial charge < -0.3 is 10.2 Å². The molecule has 5 aromatic rings. The van der Waals surface area contributed by atoms with Gasteiger partial charge in [-0.05, 0) is 50.1 Å². The second kappa shape index (κ2) is 8.89. The van der Waals surface area contributed by atoms with E-state index < -0.39 is 11.2 Å². The highest BCUT2D eigenvalue weighted by Gasteiger charge is 2.44. The van der Waals surface area contributed by atoms with E-state index in [4.69, 9.17) is 0 Å². The van der Waals surface area contributed by atoms with E-state index in [0.29, 0.717) is 0 Å². The number of hydrogen-bond acceptors (Lipinski definition) is 2. The second-order valence-corrected chi connectivity index (χ2v) is 10.4. The van der Waals surface area contributed by atoms with E-state index in [-0.39, 0.29) is 0 Å². The average Bonchev–Trinajstić information content (AvgIpc) is 3.44. The molecule has 1 atom stereocenters. The zero-order chi connectivity index (χ0) is 27.5. The van der Waals surface area contributed by atoms with Gasteiger partial charge in [-0.15, -0.1) is 0 Å². The lowest BCUT2D eigenvalue weighted by Gasteiger charge is -2.28. The Morgan fingerprint density at radius 2 is 0.850 bits per heavy atom. The van der Waals surface area contributed by atoms with Crippen LogP contribution in [0.4, 0.5) is 0 Å². The van der Waals surface area contributed by atoms with Crippen LogP contribution in [0.15, 0.2) is 152 Å². The molecule has 0 radical (unpaired) electrons. The minimum absolute atomic E-state index is 0.742. The molecule has 0 heterocycles. The first kappa shape index (κ1) is 24.3. The number of benzene rings is 5. The summed E-state index contributed by atoms with van der Waals surface area (Å²) in [5.74, 6) is 0. The quantitative estimate of drug-likeness (QED) is 0.249. The summed E-state index contributed by atoms with van der Waals surface area (Å²) in [5.41, 5.74) is 8.57. The van der Waals surface area contributed by atoms with Gasteiger partial charge in [0.2, 0.25) is 0 Å². The van der Waals surface area contributed by atoms with Crippen molar-refractivity contribution in [2.75, 3.05) is 0 Å². The molecule has 0 saturated carbocycles. The van der Waals surface area contributed by atoms with E-state index in [1.165, 1.54) is 0 Å². The van der Waals surface area contributed by atoms with Crippen LogP contribution in [0, 0.1) is 0 Å². The molecule has 0 amide bonds. The van der Waals surface area contributed by atoms with E-state index in [0.717, 1.165) is 66.8 Å². The lowest BCUT2D eigenvalue weighted by atomic mass is 9.82. The fourth-order valence-corrected chi connectivity index (χ4v) is 6.64. The Morgan fingerprint density at radius 3 is 1.30 bits per heavy atom. The van der Waals surface area contributed by atoms with Crippen LogP contribution >= 0.6 is 0 Å². The van der Waals surface area contributed by atoms with Gasteiger partial charge in [0.1, 0.15) is 11.2 Å². The van der Waals surface area contributed by atoms with Gasteiger partial charge in [0.25, 0.3) is 0 Å². The van der Waals surface area contributed by atoms with E-state index in [9.17, 15) is 10.2 Å². The van der Waals surface area contributed by atoms with Crippen LogP contribution in [0.25, 0.3) is 27.8 Å². The van der Waals surface area contributed by atoms with E-state index in [1.54, 1.807) is 12.2 Å². The van der Waals surface area contributed by atoms with Crippen LogP contribution in [0.1, 0.15) is 33.4 Å². The van der Waals surface area contributed by atoms with Crippen LogP contribution in [0.3, 0.4) is 0 Å². The molecule has 2 N–H and O–H groups in total. The van der Waals surface area contributed by atoms with Crippen LogP contribution in [-0.2, 0) is 11.2 Å². The van der Waals surface area contributed by atoms with Gasteiger partial charge in [-0.2, -0.15) is 0 Å². The average molecular weight is 517 g/mol. The van der Waals surface area contributed by atoms with Crippen molar-refractivity contribution >= 4 is 5.57 Å². The maximum atomic E-state index is 12.1. The Balaban J connectivity index is 1.26. The number of aliphatic hydroxyl groups is 2. The number of rotatable bonds is 5. The van der Waals surface area contributed by atoms with E-state index >= 15 is 0 Å². The first-order valence-electron chi connectivity index (χ1n) is 13.5. The Hall–Kier alpha value is -4.76. The maximum Gasteiger partial charge on any atom is 0.141 e. The van der Waals surface area contributed by atoms with Crippen LogP contribution in [0.5, 0.6) is 0 Å². The highest BCUT2D eigenvalue weighted by Crippen LogP contribution is 2.51. The molecule has 0 aliphatic heterocycles. The predicted octanol–water partition coefficient (Wildman–Crippen LogP) is 7.99. The first-order valence-corrected chi connectivity index (χ1v) is 13.5. The number of allylic oxidation sites excluding steroid dienone is 2. The Kier molecular flexibility index (Phi) is 5.40. The van der Waals surface area contributed by atoms with Gasteiger partial charge >= 0.3 is 0 Å². The Bertz CT molecular complexity index is 1790. The molecule has 2 heteroatoms. The molecule has 192 valence electrons. The normalized spacial score (nSPS) is 18.1. The van der Waals surface area contributed by atoms with Crippen molar-refractivity contribution in [1.29, 1.82) is 0 Å². The van der Waals surface area contributed by atoms with Crippen LogP contribution in [-0.4, -0.2) is 10.2 Å². The van der Waals surface area contributed by atoms with E-state index in [1.807, 2.05) is 97.1 Å². The highest BCUT2D eigenvalue weighted by atomic mass is 16.3. The van der Waals surface area contributed by atoms with Crippen molar-refractivity contribution in [2.24, 2.45) is 0 Å². The largest absolute Gasteiger partial charge is 0.376 e. The third kappa shape index (κ3) is 3.18. The molecule has 2 aliphatic carbocycles. The first-order chi connectivity index (χ1) is 19.5. The predicted molar refractivity (Wildman–Crippen MR) is 163 cm³/mol. The third-order valence-electron chi connectivity index (χ3n) is 8.56. The lowest BCUT2D eigenvalue weighted by molar-refractivity contribution is 0.129. The summed E-state index contributed by atoms with van der Waals surface area (Å²) in [7, 11) is 0. The molecule has 0 saturated heterocycles. The molecule has 1 unspecified atom stereocenters. The molecule has 2 nitrogen and oxygen atoms in total. The second-order valence-electron chi connectivity index (χ2n) is 10.4. The van der Waals surface area contributed by atoms with Gasteiger partial charge in [0, 0.05) is 16.7 Å². The van der Waals surface area contributed by atoms with Crippen molar-refractivity contribution in [2.45, 2.75) is 11.2 Å². The summed E-state index contributed by atoms with van der Waals surface area (Å²) < 4.78 is 0. The minimum atomic E-state index is -1.29. The molecular weight excluding hydrogens is 488 g/mol. The monoisotopic (exact) mass is 516 g/mol. The zero-order valence-electron chi connectivity index (χ0n) is 22.0. The maximum absolute atomic E-state index is 12.1. The molecule has 40 heavy (non-hydrogen) atoms.